The highest BCUT2D eigenvalue weighted by Gasteiger charge is 2.15. The fourth-order valence-corrected chi connectivity index (χ4v) is 4.25. The molecule has 5 nitrogen and oxygen atoms in total. The van der Waals surface area contributed by atoms with E-state index in [-0.39, 0.29) is 18.1 Å². The molecule has 0 radical (unpaired) electrons. The van der Waals surface area contributed by atoms with Crippen LogP contribution in [0.4, 0.5) is 0 Å². The van der Waals surface area contributed by atoms with Gasteiger partial charge in [-0.1, -0.05) is 42.5 Å². The van der Waals surface area contributed by atoms with Crippen molar-refractivity contribution in [3.63, 3.8) is 0 Å². The first-order chi connectivity index (χ1) is 14.5. The van der Waals surface area contributed by atoms with Crippen LogP contribution in [0.5, 0.6) is 5.75 Å². The molecule has 1 N–H and O–H groups in total. The second-order valence-electron chi connectivity index (χ2n) is 7.58. The Morgan fingerprint density at radius 2 is 1.93 bits per heavy atom. The van der Waals surface area contributed by atoms with Gasteiger partial charge < -0.3 is 10.1 Å². The highest BCUT2D eigenvalue weighted by molar-refractivity contribution is 7.15. The van der Waals surface area contributed by atoms with Crippen LogP contribution >= 0.6 is 11.3 Å². The summed E-state index contributed by atoms with van der Waals surface area (Å²) < 4.78 is 7.77. The first kappa shape index (κ1) is 20.2. The maximum absolute atomic E-state index is 12.7. The van der Waals surface area contributed by atoms with E-state index in [1.807, 2.05) is 91.3 Å². The number of thiazole rings is 1. The number of nitrogens with one attached hydrogen (secondary N) is 1. The van der Waals surface area contributed by atoms with Crippen molar-refractivity contribution in [2.24, 2.45) is 0 Å². The van der Waals surface area contributed by atoms with E-state index in [4.69, 9.17) is 4.74 Å². The third-order valence-corrected chi connectivity index (χ3v) is 5.69. The van der Waals surface area contributed by atoms with Crippen molar-refractivity contribution in [3.8, 4) is 17.0 Å². The average molecular weight is 420 g/mol. The topological polar surface area (TPSA) is 55.6 Å². The zero-order chi connectivity index (χ0) is 21.1. The molecular weight excluding hydrogens is 394 g/mol. The van der Waals surface area contributed by atoms with E-state index in [1.54, 1.807) is 11.3 Å². The Hall–Kier alpha value is -3.12. The van der Waals surface area contributed by atoms with E-state index in [1.165, 1.54) is 0 Å². The highest BCUT2D eigenvalue weighted by atomic mass is 32.1. The lowest BCUT2D eigenvalue weighted by atomic mass is 10.1. The maximum atomic E-state index is 12.7. The summed E-state index contributed by atoms with van der Waals surface area (Å²) in [4.78, 5) is 18.3. The van der Waals surface area contributed by atoms with Crippen LogP contribution in [0.15, 0.2) is 66.2 Å². The number of imidazole rings is 1. The second kappa shape index (κ2) is 8.71. The molecule has 4 aromatic rings. The molecule has 0 bridgehead atoms. The Balaban J connectivity index is 1.45. The van der Waals surface area contributed by atoms with Crippen molar-refractivity contribution in [1.82, 2.24) is 14.7 Å². The summed E-state index contributed by atoms with van der Waals surface area (Å²) >= 11 is 1.55. The fraction of sp³-hybridized carbons (Fsp3) is 0.250. The number of amides is 1. The van der Waals surface area contributed by atoms with Crippen molar-refractivity contribution in [2.75, 3.05) is 0 Å². The number of ether oxygens (including phenoxy) is 1. The lowest BCUT2D eigenvalue weighted by Gasteiger charge is -2.16. The summed E-state index contributed by atoms with van der Waals surface area (Å²) in [5.74, 6) is 0.794. The number of rotatable bonds is 7. The van der Waals surface area contributed by atoms with Crippen LogP contribution in [-0.4, -0.2) is 21.4 Å². The van der Waals surface area contributed by atoms with Crippen molar-refractivity contribution < 1.29 is 9.53 Å². The summed E-state index contributed by atoms with van der Waals surface area (Å²) in [6.45, 7) is 5.98. The van der Waals surface area contributed by atoms with Crippen molar-refractivity contribution in [2.45, 2.75) is 39.3 Å². The monoisotopic (exact) mass is 419 g/mol. The fourth-order valence-electron chi connectivity index (χ4n) is 3.37. The lowest BCUT2D eigenvalue weighted by molar-refractivity contribution is -0.121. The first-order valence-corrected chi connectivity index (χ1v) is 10.9. The van der Waals surface area contributed by atoms with Crippen molar-refractivity contribution in [1.29, 1.82) is 0 Å². The summed E-state index contributed by atoms with van der Waals surface area (Å²) in [7, 11) is 0. The number of fused-ring (bicyclic) bond motifs is 1. The third-order valence-electron chi connectivity index (χ3n) is 4.80. The van der Waals surface area contributed by atoms with Gasteiger partial charge in [-0.05, 0) is 38.5 Å². The zero-order valence-corrected chi connectivity index (χ0v) is 18.1. The zero-order valence-electron chi connectivity index (χ0n) is 17.3. The summed E-state index contributed by atoms with van der Waals surface area (Å²) in [6.07, 6.45) is 2.42. The van der Waals surface area contributed by atoms with Crippen LogP contribution in [0, 0.1) is 0 Å². The van der Waals surface area contributed by atoms with Crippen LogP contribution < -0.4 is 10.1 Å². The van der Waals surface area contributed by atoms with E-state index in [0.29, 0.717) is 6.42 Å². The minimum absolute atomic E-state index is 0.0210. The predicted octanol–water partition coefficient (Wildman–Crippen LogP) is 5.27. The van der Waals surface area contributed by atoms with Gasteiger partial charge in [-0.2, -0.15) is 0 Å². The maximum Gasteiger partial charge on any atom is 0.226 e. The van der Waals surface area contributed by atoms with Crippen LogP contribution in [0.3, 0.4) is 0 Å². The third kappa shape index (κ3) is 4.54. The van der Waals surface area contributed by atoms with Gasteiger partial charge in [0.05, 0.1) is 24.3 Å². The molecule has 2 aromatic heterocycles. The minimum Gasteiger partial charge on any atom is -0.491 e. The van der Waals surface area contributed by atoms with E-state index in [2.05, 4.69) is 10.3 Å². The minimum atomic E-state index is -0.106. The predicted molar refractivity (Wildman–Crippen MR) is 121 cm³/mol. The van der Waals surface area contributed by atoms with E-state index < -0.39 is 0 Å². The van der Waals surface area contributed by atoms with Crippen LogP contribution in [0.25, 0.3) is 16.2 Å². The number of hydrogen-bond donors (Lipinski definition) is 1. The van der Waals surface area contributed by atoms with Crippen LogP contribution in [0.1, 0.15) is 38.1 Å². The standard InChI is InChI=1S/C24H25N3O2S/c1-16(2)29-21-11-7-10-19(12-21)17(3)25-23(28)13-20-15-30-24-26-22(14-27(20)24)18-8-5-4-6-9-18/h4-12,14-17H,13H2,1-3H3,(H,25,28). The number of hydrogen-bond acceptors (Lipinski definition) is 4. The molecular formula is C24H25N3O2S. The van der Waals surface area contributed by atoms with Gasteiger partial charge in [0.25, 0.3) is 0 Å². The first-order valence-electron chi connectivity index (χ1n) is 10.1. The van der Waals surface area contributed by atoms with Gasteiger partial charge in [-0.15, -0.1) is 11.3 Å². The van der Waals surface area contributed by atoms with Gasteiger partial charge >= 0.3 is 0 Å². The Morgan fingerprint density at radius 3 is 2.70 bits per heavy atom. The Kier molecular flexibility index (Phi) is 5.86. The molecule has 154 valence electrons. The van der Waals surface area contributed by atoms with Crippen LogP contribution in [0.2, 0.25) is 0 Å². The summed E-state index contributed by atoms with van der Waals surface area (Å²) in [5.41, 5.74) is 3.94. The molecule has 0 aliphatic rings. The van der Waals surface area contributed by atoms with Gasteiger partial charge in [0.1, 0.15) is 5.75 Å². The number of aromatic nitrogens is 2. The quantitative estimate of drug-likeness (QED) is 0.444. The molecule has 0 aliphatic carbocycles. The van der Waals surface area contributed by atoms with Gasteiger partial charge in [0.2, 0.25) is 5.91 Å². The number of carbonyl (C=O) groups is 1. The van der Waals surface area contributed by atoms with E-state index in [0.717, 1.165) is 33.2 Å². The van der Waals surface area contributed by atoms with Crippen LogP contribution in [-0.2, 0) is 11.2 Å². The lowest BCUT2D eigenvalue weighted by Crippen LogP contribution is -2.28. The molecule has 30 heavy (non-hydrogen) atoms. The smallest absolute Gasteiger partial charge is 0.226 e. The number of carbonyl (C=O) groups excluding carboxylic acids is 1. The molecule has 0 saturated heterocycles. The van der Waals surface area contributed by atoms with Gasteiger partial charge in [0, 0.05) is 22.8 Å². The van der Waals surface area contributed by atoms with Crippen molar-refractivity contribution in [3.05, 3.63) is 77.4 Å². The van der Waals surface area contributed by atoms with E-state index in [9.17, 15) is 4.79 Å². The van der Waals surface area contributed by atoms with E-state index >= 15 is 0 Å². The molecule has 1 amide bonds. The van der Waals surface area contributed by atoms with Gasteiger partial charge in [-0.25, -0.2) is 4.98 Å². The molecule has 0 fully saturated rings. The Bertz CT molecular complexity index is 1150. The molecule has 6 heteroatoms. The summed E-state index contributed by atoms with van der Waals surface area (Å²) in [5, 5.41) is 5.09. The highest BCUT2D eigenvalue weighted by Crippen LogP contribution is 2.24. The average Bonchev–Trinajstić information content (AvgIpc) is 3.30. The second-order valence-corrected chi connectivity index (χ2v) is 8.41. The largest absolute Gasteiger partial charge is 0.491 e. The molecule has 0 aliphatic heterocycles. The molecule has 1 atom stereocenters. The molecule has 4 rings (SSSR count). The summed E-state index contributed by atoms with van der Waals surface area (Å²) in [6, 6.07) is 17.8. The number of benzene rings is 2. The van der Waals surface area contributed by atoms with Gasteiger partial charge in [0.15, 0.2) is 4.96 Å². The molecule has 0 spiro atoms. The molecule has 2 heterocycles. The molecule has 1 unspecified atom stereocenters. The van der Waals surface area contributed by atoms with Gasteiger partial charge in [-0.3, -0.25) is 9.20 Å². The Morgan fingerprint density at radius 1 is 1.13 bits per heavy atom. The van der Waals surface area contributed by atoms with Crippen molar-refractivity contribution >= 4 is 22.2 Å². The number of nitrogens with zero attached hydrogens (tertiary/aromatic N) is 2. The normalized spacial score (nSPS) is 12.3. The molecule has 2 aromatic carbocycles. The Labute approximate surface area is 180 Å². The molecule has 0 saturated carbocycles. The SMILES string of the molecule is CC(C)Oc1cccc(C(C)NC(=O)Cc2csc3nc(-c4ccccc4)cn23)c1.